The third-order valence-corrected chi connectivity index (χ3v) is 9.43. The van der Waals surface area contributed by atoms with E-state index in [0.717, 1.165) is 109 Å². The average Bonchev–Trinajstić information content (AvgIpc) is 2.98. The smallest absolute Gasteiger partial charge is 0.328 e. The van der Waals surface area contributed by atoms with Crippen LogP contribution in [-0.2, 0) is 19.1 Å². The lowest BCUT2D eigenvalue weighted by molar-refractivity contribution is -0.157. The van der Waals surface area contributed by atoms with Gasteiger partial charge in [0.2, 0.25) is 11.8 Å². The molecule has 42 heavy (non-hydrogen) atoms. The summed E-state index contributed by atoms with van der Waals surface area (Å²) in [6, 6.07) is -0.428. The predicted octanol–water partition coefficient (Wildman–Crippen LogP) is 6.29. The number of amides is 2. The molecule has 2 rings (SSSR count). The Kier molecular flexibility index (Phi) is 18.3. The minimum absolute atomic E-state index is 0.0146. The molecule has 0 aliphatic carbocycles. The fourth-order valence-electron chi connectivity index (χ4n) is 6.89. The quantitative estimate of drug-likeness (QED) is 0.113. The van der Waals surface area contributed by atoms with Crippen molar-refractivity contribution < 1.29 is 29.3 Å². The second kappa shape index (κ2) is 21.1. The molecule has 5 atom stereocenters. The number of carbonyl (C=O) groups is 3. The zero-order chi connectivity index (χ0) is 30.7. The fourth-order valence-corrected chi connectivity index (χ4v) is 6.89. The molecule has 2 fully saturated rings. The first-order valence-corrected chi connectivity index (χ1v) is 17.4. The Labute approximate surface area is 255 Å². The summed E-state index contributed by atoms with van der Waals surface area (Å²) in [6.45, 7) is 5.03. The van der Waals surface area contributed by atoms with Gasteiger partial charge in [-0.2, -0.15) is 0 Å². The van der Waals surface area contributed by atoms with Crippen molar-refractivity contribution >= 4 is 17.8 Å². The molecule has 0 saturated carbocycles. The second-order valence-corrected chi connectivity index (χ2v) is 12.8. The van der Waals surface area contributed by atoms with Crippen molar-refractivity contribution in [2.24, 2.45) is 0 Å². The van der Waals surface area contributed by atoms with E-state index in [1.807, 2.05) is 4.90 Å². The largest absolute Gasteiger partial charge is 0.467 e. The predicted molar refractivity (Wildman–Crippen MR) is 167 cm³/mol. The van der Waals surface area contributed by atoms with E-state index in [4.69, 9.17) is 4.74 Å². The third kappa shape index (κ3) is 12.9. The van der Waals surface area contributed by atoms with Gasteiger partial charge < -0.3 is 24.7 Å². The van der Waals surface area contributed by atoms with Crippen LogP contribution in [0, 0.1) is 0 Å². The number of ether oxygens (including phenoxy) is 1. The number of aliphatic hydroxyl groups excluding tert-OH is 2. The van der Waals surface area contributed by atoms with E-state index in [1.54, 1.807) is 4.90 Å². The Morgan fingerprint density at radius 3 is 1.90 bits per heavy atom. The van der Waals surface area contributed by atoms with Crippen LogP contribution in [0.25, 0.3) is 0 Å². The Balaban J connectivity index is 1.87. The van der Waals surface area contributed by atoms with Crippen LogP contribution in [0.2, 0.25) is 0 Å². The molecule has 2 N–H and O–H groups in total. The van der Waals surface area contributed by atoms with E-state index in [9.17, 15) is 24.6 Å². The lowest BCUT2D eigenvalue weighted by Crippen LogP contribution is -2.53. The van der Waals surface area contributed by atoms with E-state index >= 15 is 0 Å². The number of hydrogen-bond acceptors (Lipinski definition) is 6. The maximum absolute atomic E-state index is 13.1. The minimum atomic E-state index is -0.594. The van der Waals surface area contributed by atoms with E-state index in [0.29, 0.717) is 38.6 Å². The molecule has 0 aromatic carbocycles. The van der Waals surface area contributed by atoms with Crippen molar-refractivity contribution in [3.8, 4) is 0 Å². The number of likely N-dealkylation sites (tertiary alicyclic amines) is 2. The van der Waals surface area contributed by atoms with Gasteiger partial charge in [0.1, 0.15) is 6.04 Å². The van der Waals surface area contributed by atoms with E-state index < -0.39 is 6.04 Å². The Morgan fingerprint density at radius 1 is 0.762 bits per heavy atom. The standard InChI is InChI=1S/C34H62N2O6/c1-4-6-9-17-29(37)24-22-27-15-13-20-32(39)35(27)26-12-8-11-19-31(34(41)42-3)36-28(16-14-21-33(36)40)23-25-30(38)18-10-7-5-2/h27-31,37-38H,4-26H2,1-3H3. The molecule has 5 unspecified atom stereocenters. The van der Waals surface area contributed by atoms with E-state index in [1.165, 1.54) is 7.11 Å². The Morgan fingerprint density at radius 2 is 1.31 bits per heavy atom. The van der Waals surface area contributed by atoms with Gasteiger partial charge in [0, 0.05) is 31.5 Å². The molecular formula is C34H62N2O6. The summed E-state index contributed by atoms with van der Waals surface area (Å²) >= 11 is 0. The second-order valence-electron chi connectivity index (χ2n) is 12.8. The molecule has 0 aromatic heterocycles. The molecule has 0 radical (unpaired) electrons. The van der Waals surface area contributed by atoms with Crippen molar-refractivity contribution in [3.63, 3.8) is 0 Å². The zero-order valence-corrected chi connectivity index (χ0v) is 27.1. The van der Waals surface area contributed by atoms with Crippen molar-refractivity contribution in [3.05, 3.63) is 0 Å². The summed E-state index contributed by atoms with van der Waals surface area (Å²) in [5.74, 6) is -0.124. The average molecular weight is 595 g/mol. The topological polar surface area (TPSA) is 107 Å². The number of carbonyl (C=O) groups excluding carboxylic acids is 3. The third-order valence-electron chi connectivity index (χ3n) is 9.43. The number of methoxy groups -OCH3 is 1. The highest BCUT2D eigenvalue weighted by molar-refractivity contribution is 5.85. The first kappa shape index (κ1) is 36.5. The normalized spacial score (nSPS) is 21.8. The van der Waals surface area contributed by atoms with Crippen LogP contribution in [0.1, 0.15) is 155 Å². The monoisotopic (exact) mass is 594 g/mol. The molecular weight excluding hydrogens is 532 g/mol. The molecule has 8 heteroatoms. The molecule has 0 aromatic rings. The van der Waals surface area contributed by atoms with Crippen LogP contribution in [0.15, 0.2) is 0 Å². The van der Waals surface area contributed by atoms with Crippen molar-refractivity contribution in [1.82, 2.24) is 9.80 Å². The van der Waals surface area contributed by atoms with E-state index in [-0.39, 0.29) is 42.1 Å². The van der Waals surface area contributed by atoms with Gasteiger partial charge in [0.25, 0.3) is 0 Å². The van der Waals surface area contributed by atoms with Gasteiger partial charge >= 0.3 is 5.97 Å². The van der Waals surface area contributed by atoms with Gasteiger partial charge in [-0.25, -0.2) is 4.79 Å². The zero-order valence-electron chi connectivity index (χ0n) is 27.1. The number of nitrogens with zero attached hydrogens (tertiary/aromatic N) is 2. The van der Waals surface area contributed by atoms with Crippen LogP contribution in [-0.4, -0.2) is 81.8 Å². The molecule has 2 aliphatic heterocycles. The maximum atomic E-state index is 13.1. The summed E-state index contributed by atoms with van der Waals surface area (Å²) in [5, 5.41) is 20.9. The summed E-state index contributed by atoms with van der Waals surface area (Å²) in [6.07, 6.45) is 18.3. The number of aliphatic hydroxyl groups is 2. The number of hydrogen-bond donors (Lipinski definition) is 2. The van der Waals surface area contributed by atoms with Gasteiger partial charge in [0.15, 0.2) is 0 Å². The Hall–Kier alpha value is -1.67. The molecule has 244 valence electrons. The van der Waals surface area contributed by atoms with Crippen molar-refractivity contribution in [2.45, 2.75) is 185 Å². The first-order chi connectivity index (χ1) is 20.3. The number of unbranched alkanes of at least 4 members (excludes halogenated alkanes) is 6. The SMILES string of the molecule is CCCCCC(O)CCC1CCCC(=O)N1CCCCCC(C(=O)OC)N1C(=O)CCCC1CCC(O)CCCCC. The van der Waals surface area contributed by atoms with Crippen LogP contribution in [0.5, 0.6) is 0 Å². The highest BCUT2D eigenvalue weighted by atomic mass is 16.5. The van der Waals surface area contributed by atoms with Gasteiger partial charge in [-0.15, -0.1) is 0 Å². The molecule has 8 nitrogen and oxygen atoms in total. The summed E-state index contributed by atoms with van der Waals surface area (Å²) in [5.41, 5.74) is 0. The van der Waals surface area contributed by atoms with Gasteiger partial charge in [-0.3, -0.25) is 9.59 Å². The summed E-state index contributed by atoms with van der Waals surface area (Å²) in [7, 11) is 1.39. The van der Waals surface area contributed by atoms with Crippen molar-refractivity contribution in [1.29, 1.82) is 0 Å². The summed E-state index contributed by atoms with van der Waals surface area (Å²) in [4.78, 5) is 42.5. The molecule has 2 aliphatic rings. The highest BCUT2D eigenvalue weighted by Crippen LogP contribution is 2.29. The summed E-state index contributed by atoms with van der Waals surface area (Å²) < 4.78 is 5.16. The first-order valence-electron chi connectivity index (χ1n) is 17.4. The van der Waals surface area contributed by atoms with Gasteiger partial charge in [0.05, 0.1) is 19.3 Å². The van der Waals surface area contributed by atoms with Crippen LogP contribution >= 0.6 is 0 Å². The van der Waals surface area contributed by atoms with Crippen LogP contribution < -0.4 is 0 Å². The number of esters is 1. The maximum Gasteiger partial charge on any atom is 0.328 e. The molecule has 0 bridgehead atoms. The van der Waals surface area contributed by atoms with Gasteiger partial charge in [-0.1, -0.05) is 65.2 Å². The lowest BCUT2D eigenvalue weighted by Gasteiger charge is -2.40. The van der Waals surface area contributed by atoms with Gasteiger partial charge in [-0.05, 0) is 77.0 Å². The number of piperidine rings is 2. The highest BCUT2D eigenvalue weighted by Gasteiger charge is 2.37. The Bertz CT molecular complexity index is 777. The number of rotatable bonds is 22. The van der Waals surface area contributed by atoms with E-state index in [2.05, 4.69) is 13.8 Å². The van der Waals surface area contributed by atoms with Crippen LogP contribution in [0.4, 0.5) is 0 Å². The molecule has 2 saturated heterocycles. The minimum Gasteiger partial charge on any atom is -0.467 e. The van der Waals surface area contributed by atoms with Crippen LogP contribution in [0.3, 0.4) is 0 Å². The molecule has 0 spiro atoms. The molecule has 2 amide bonds. The fraction of sp³-hybridized carbons (Fsp3) is 0.912. The molecule has 2 heterocycles. The van der Waals surface area contributed by atoms with Crippen molar-refractivity contribution in [2.75, 3.05) is 13.7 Å². The lowest BCUT2D eigenvalue weighted by atomic mass is 9.92.